The average Bonchev–Trinajstić information content (AvgIpc) is 2.43. The average molecular weight is 264 g/mol. The van der Waals surface area contributed by atoms with Gasteiger partial charge in [-0.05, 0) is 37.7 Å². The third-order valence-corrected chi connectivity index (χ3v) is 3.15. The summed E-state index contributed by atoms with van der Waals surface area (Å²) in [4.78, 5) is 0. The topological polar surface area (TPSA) is 29.5 Å². The number of allylic oxidation sites excluding steroid dienone is 1. The highest BCUT2D eigenvalue weighted by molar-refractivity contribution is 5.13. The van der Waals surface area contributed by atoms with Gasteiger partial charge in [0, 0.05) is 6.61 Å². The molecule has 1 N–H and O–H groups in total. The van der Waals surface area contributed by atoms with E-state index in [1.807, 2.05) is 18.2 Å². The van der Waals surface area contributed by atoms with Crippen molar-refractivity contribution in [2.75, 3.05) is 13.2 Å². The number of benzene rings is 1. The van der Waals surface area contributed by atoms with Crippen LogP contribution in [0.15, 0.2) is 42.0 Å². The van der Waals surface area contributed by atoms with Gasteiger partial charge < -0.3 is 9.84 Å². The molecule has 0 aliphatic carbocycles. The molecule has 106 valence electrons. The molecule has 0 aliphatic rings. The molecule has 0 fully saturated rings. The van der Waals surface area contributed by atoms with Gasteiger partial charge in [-0.3, -0.25) is 0 Å². The minimum atomic E-state index is -2.19. The fourth-order valence-corrected chi connectivity index (χ4v) is 1.82. The molecule has 19 heavy (non-hydrogen) atoms. The molecular weight excluding hydrogens is 236 g/mol. The smallest absolute Gasteiger partial charge is 0.0716 e. The Morgan fingerprint density at radius 2 is 2.11 bits per heavy atom. The van der Waals surface area contributed by atoms with Crippen LogP contribution < -0.4 is 0 Å². The number of ether oxygens (including phenoxy) is 1. The van der Waals surface area contributed by atoms with Crippen LogP contribution in [0.3, 0.4) is 0 Å². The van der Waals surface area contributed by atoms with Crippen LogP contribution in [-0.2, 0) is 11.3 Å². The van der Waals surface area contributed by atoms with Crippen LogP contribution in [0.5, 0.6) is 0 Å². The molecule has 0 radical (unpaired) electrons. The molecule has 0 saturated heterocycles. The summed E-state index contributed by atoms with van der Waals surface area (Å²) in [5.74, 6) is 0.523. The van der Waals surface area contributed by atoms with Crippen LogP contribution in [0.25, 0.3) is 0 Å². The van der Waals surface area contributed by atoms with Crippen molar-refractivity contribution >= 4 is 0 Å². The molecule has 2 nitrogen and oxygen atoms in total. The Morgan fingerprint density at radius 3 is 2.79 bits per heavy atom. The van der Waals surface area contributed by atoms with Gasteiger partial charge in [-0.25, -0.2) is 0 Å². The van der Waals surface area contributed by atoms with Gasteiger partial charge in [0.15, 0.2) is 0 Å². The Morgan fingerprint density at radius 1 is 1.37 bits per heavy atom. The van der Waals surface area contributed by atoms with E-state index in [1.54, 1.807) is 13.0 Å². The van der Waals surface area contributed by atoms with Crippen LogP contribution in [0, 0.1) is 5.92 Å². The predicted octanol–water partition coefficient (Wildman–Crippen LogP) is 3.95. The lowest BCUT2D eigenvalue weighted by Gasteiger charge is -2.10. The zero-order valence-electron chi connectivity index (χ0n) is 13.9. The molecule has 1 rings (SSSR count). The third kappa shape index (κ3) is 7.81. The van der Waals surface area contributed by atoms with Gasteiger partial charge in [0.2, 0.25) is 0 Å². The summed E-state index contributed by atoms with van der Waals surface area (Å²) in [6.07, 6.45) is 4.53. The largest absolute Gasteiger partial charge is 0.392 e. The van der Waals surface area contributed by atoms with Crippen LogP contribution in [0.4, 0.5) is 0 Å². The molecule has 1 aromatic carbocycles. The monoisotopic (exact) mass is 264 g/mol. The summed E-state index contributed by atoms with van der Waals surface area (Å²) in [7, 11) is 0. The summed E-state index contributed by atoms with van der Waals surface area (Å²) in [6, 6.07) is 10.1. The molecule has 1 aromatic rings. The summed E-state index contributed by atoms with van der Waals surface area (Å²) in [5, 5.41) is 9.18. The molecule has 1 atom stereocenters. The standard InChI is InChI=1S/C17H26O2/c1-15(7-6-8-16(2)13-18)11-12-19-14-17-9-4-3-5-10-17/h3-5,8-10,15,18H,6-7,11-14H2,1-2H3/b16-8-/i13D2. The number of rotatable bonds is 9. The van der Waals surface area contributed by atoms with Crippen molar-refractivity contribution < 1.29 is 12.6 Å². The Balaban J connectivity index is 2.13. The van der Waals surface area contributed by atoms with Crippen LogP contribution in [0.2, 0.25) is 0 Å². The van der Waals surface area contributed by atoms with E-state index in [2.05, 4.69) is 19.1 Å². The molecule has 0 saturated carbocycles. The van der Waals surface area contributed by atoms with Gasteiger partial charge in [-0.2, -0.15) is 0 Å². The predicted molar refractivity (Wildman–Crippen MR) is 80.0 cm³/mol. The fraction of sp³-hybridized carbons (Fsp3) is 0.529. The minimum Gasteiger partial charge on any atom is -0.392 e. The van der Waals surface area contributed by atoms with Gasteiger partial charge in [0.25, 0.3) is 0 Å². The number of hydrogen-bond donors (Lipinski definition) is 1. The molecule has 0 amide bonds. The second kappa shape index (κ2) is 9.76. The van der Waals surface area contributed by atoms with E-state index in [0.717, 1.165) is 25.9 Å². The lowest BCUT2D eigenvalue weighted by molar-refractivity contribution is 0.108. The number of aliphatic hydroxyl groups is 1. The zero-order valence-corrected chi connectivity index (χ0v) is 11.9. The summed E-state index contributed by atoms with van der Waals surface area (Å²) in [6.45, 7) is 2.98. The molecule has 0 aliphatic heterocycles. The maximum Gasteiger partial charge on any atom is 0.0716 e. The van der Waals surface area contributed by atoms with Gasteiger partial charge in [-0.15, -0.1) is 0 Å². The highest BCUT2D eigenvalue weighted by Crippen LogP contribution is 2.12. The van der Waals surface area contributed by atoms with Crippen molar-refractivity contribution in [3.8, 4) is 0 Å². The summed E-state index contributed by atoms with van der Waals surface area (Å²) in [5.41, 5.74) is 1.57. The molecular formula is C17H26O2. The molecule has 0 heterocycles. The van der Waals surface area contributed by atoms with Gasteiger partial charge in [0.1, 0.15) is 0 Å². The highest BCUT2D eigenvalue weighted by atomic mass is 16.5. The fourth-order valence-electron chi connectivity index (χ4n) is 1.82. The van der Waals surface area contributed by atoms with E-state index in [-0.39, 0.29) is 0 Å². The molecule has 0 aromatic heterocycles. The van der Waals surface area contributed by atoms with E-state index in [4.69, 9.17) is 7.48 Å². The summed E-state index contributed by atoms with van der Waals surface area (Å²) < 4.78 is 20.0. The first-order valence-corrected chi connectivity index (χ1v) is 6.91. The van der Waals surface area contributed by atoms with Crippen LogP contribution in [-0.4, -0.2) is 18.3 Å². The highest BCUT2D eigenvalue weighted by Gasteiger charge is 2.01. The number of hydrogen-bond acceptors (Lipinski definition) is 2. The van der Waals surface area contributed by atoms with E-state index in [1.165, 1.54) is 5.56 Å². The second-order valence-corrected chi connectivity index (χ2v) is 5.01. The molecule has 0 spiro atoms. The Labute approximate surface area is 119 Å². The maximum atomic E-state index is 9.18. The lowest BCUT2D eigenvalue weighted by Crippen LogP contribution is -2.02. The van der Waals surface area contributed by atoms with Crippen molar-refractivity contribution in [2.45, 2.75) is 39.7 Å². The Hall–Kier alpha value is -1.12. The van der Waals surface area contributed by atoms with E-state index in [0.29, 0.717) is 18.1 Å². The van der Waals surface area contributed by atoms with E-state index in [9.17, 15) is 5.11 Å². The van der Waals surface area contributed by atoms with Crippen molar-refractivity contribution in [3.63, 3.8) is 0 Å². The Bertz CT molecular complexity index is 424. The van der Waals surface area contributed by atoms with Crippen LogP contribution >= 0.6 is 0 Å². The zero-order chi connectivity index (χ0) is 15.7. The first kappa shape index (κ1) is 12.9. The normalized spacial score (nSPS) is 15.8. The SMILES string of the molecule is [2H]C([2H])(O)/C(C)=C\CCC(C)CCOCc1ccccc1. The van der Waals surface area contributed by atoms with Gasteiger partial charge in [0.05, 0.1) is 15.9 Å². The van der Waals surface area contributed by atoms with Gasteiger partial charge in [-0.1, -0.05) is 48.9 Å². The Kier molecular flexibility index (Phi) is 6.62. The van der Waals surface area contributed by atoms with Crippen molar-refractivity contribution in [3.05, 3.63) is 47.5 Å². The molecule has 2 heteroatoms. The minimum absolute atomic E-state index is 0.384. The van der Waals surface area contributed by atoms with Crippen molar-refractivity contribution in [1.29, 1.82) is 0 Å². The van der Waals surface area contributed by atoms with Crippen molar-refractivity contribution in [2.24, 2.45) is 5.92 Å². The quantitative estimate of drug-likeness (QED) is 0.540. The van der Waals surface area contributed by atoms with Crippen LogP contribution in [0.1, 0.15) is 41.4 Å². The van der Waals surface area contributed by atoms with Crippen molar-refractivity contribution in [1.82, 2.24) is 0 Å². The molecule has 0 bridgehead atoms. The molecule has 1 unspecified atom stereocenters. The lowest BCUT2D eigenvalue weighted by atomic mass is 10.0. The second-order valence-electron chi connectivity index (χ2n) is 5.01. The maximum absolute atomic E-state index is 9.18. The summed E-state index contributed by atoms with van der Waals surface area (Å²) >= 11 is 0. The third-order valence-electron chi connectivity index (χ3n) is 3.15. The van der Waals surface area contributed by atoms with Gasteiger partial charge >= 0.3 is 0 Å². The first-order valence-electron chi connectivity index (χ1n) is 7.91. The van der Waals surface area contributed by atoms with E-state index >= 15 is 0 Å². The van der Waals surface area contributed by atoms with E-state index < -0.39 is 6.56 Å². The first-order chi connectivity index (χ1) is 9.89.